The molecule has 2 aliphatic rings. The Kier molecular flexibility index (Phi) is 4.39. The average Bonchev–Trinajstić information content (AvgIpc) is 3.29. The molecule has 134 valence electrons. The zero-order chi connectivity index (χ0) is 17.9. The van der Waals surface area contributed by atoms with Gasteiger partial charge in [0, 0.05) is 51.0 Å². The van der Waals surface area contributed by atoms with Crippen molar-refractivity contribution in [1.29, 1.82) is 0 Å². The van der Waals surface area contributed by atoms with E-state index in [-0.39, 0.29) is 0 Å². The van der Waals surface area contributed by atoms with Crippen LogP contribution in [0.5, 0.6) is 5.75 Å². The summed E-state index contributed by atoms with van der Waals surface area (Å²) in [6, 6.07) is 14.2. The summed E-state index contributed by atoms with van der Waals surface area (Å²) in [6.07, 6.45) is 8.17. The van der Waals surface area contributed by atoms with E-state index in [9.17, 15) is 0 Å². The van der Waals surface area contributed by atoms with E-state index in [0.717, 1.165) is 36.3 Å². The zero-order valence-electron chi connectivity index (χ0n) is 15.1. The molecule has 0 radical (unpaired) electrons. The van der Waals surface area contributed by atoms with Crippen LogP contribution in [0.3, 0.4) is 0 Å². The van der Waals surface area contributed by atoms with Gasteiger partial charge in [-0.3, -0.25) is 0 Å². The van der Waals surface area contributed by atoms with Crippen LogP contribution in [0.2, 0.25) is 0 Å². The third-order valence-corrected chi connectivity index (χ3v) is 4.36. The van der Waals surface area contributed by atoms with Crippen LogP contribution in [0.4, 0.5) is 11.6 Å². The van der Waals surface area contributed by atoms with Crippen LogP contribution in [0.15, 0.2) is 67.3 Å². The van der Waals surface area contributed by atoms with E-state index < -0.39 is 0 Å². The van der Waals surface area contributed by atoms with E-state index in [1.54, 1.807) is 0 Å². The lowest BCUT2D eigenvalue weighted by molar-refractivity contribution is 0.306. The van der Waals surface area contributed by atoms with Gasteiger partial charge in [-0.25, -0.2) is 4.98 Å². The van der Waals surface area contributed by atoms with Crippen molar-refractivity contribution < 1.29 is 4.74 Å². The predicted octanol–water partition coefficient (Wildman–Crippen LogP) is 3.02. The molecule has 2 aromatic rings. The van der Waals surface area contributed by atoms with Crippen LogP contribution in [0.25, 0.3) is 0 Å². The molecule has 0 spiro atoms. The maximum absolute atomic E-state index is 6.08. The van der Waals surface area contributed by atoms with Gasteiger partial charge in [0.2, 0.25) is 0 Å². The van der Waals surface area contributed by atoms with E-state index in [1.807, 2.05) is 69.2 Å². The van der Waals surface area contributed by atoms with Gasteiger partial charge in [0.25, 0.3) is 0 Å². The molecular formula is C20H23N5O. The first-order chi connectivity index (χ1) is 12.7. The lowest BCUT2D eigenvalue weighted by Gasteiger charge is -2.22. The van der Waals surface area contributed by atoms with Crippen LogP contribution < -0.4 is 14.5 Å². The number of aromatic nitrogens is 1. The Hall–Kier alpha value is -3.15. The first-order valence-electron chi connectivity index (χ1n) is 8.66. The summed E-state index contributed by atoms with van der Waals surface area (Å²) in [7, 11) is 4.09. The minimum absolute atomic E-state index is 0.537. The molecule has 0 unspecified atom stereocenters. The highest BCUT2D eigenvalue weighted by Crippen LogP contribution is 2.29. The van der Waals surface area contributed by atoms with Crippen LogP contribution >= 0.6 is 0 Å². The lowest BCUT2D eigenvalue weighted by atomic mass is 10.2. The Labute approximate surface area is 154 Å². The molecule has 0 N–H and O–H groups in total. The molecule has 1 aromatic heterocycles. The first-order valence-corrected chi connectivity index (χ1v) is 8.66. The average molecular weight is 349 g/mol. The summed E-state index contributed by atoms with van der Waals surface area (Å²) in [6.45, 7) is 2.10. The molecule has 1 aromatic carbocycles. The second-order valence-electron chi connectivity index (χ2n) is 6.63. The minimum Gasteiger partial charge on any atom is -0.489 e. The van der Waals surface area contributed by atoms with E-state index >= 15 is 0 Å². The van der Waals surface area contributed by atoms with Crippen molar-refractivity contribution >= 4 is 11.6 Å². The summed E-state index contributed by atoms with van der Waals surface area (Å²) in [4.78, 5) is 13.3. The molecule has 3 heterocycles. The molecule has 0 amide bonds. The maximum atomic E-state index is 6.08. The second kappa shape index (κ2) is 7.00. The van der Waals surface area contributed by atoms with Crippen molar-refractivity contribution in [3.05, 3.63) is 72.8 Å². The van der Waals surface area contributed by atoms with Crippen molar-refractivity contribution in [2.45, 2.75) is 6.61 Å². The monoisotopic (exact) mass is 349 g/mol. The van der Waals surface area contributed by atoms with Crippen LogP contribution in [-0.2, 0) is 6.61 Å². The van der Waals surface area contributed by atoms with Crippen molar-refractivity contribution in [2.24, 2.45) is 0 Å². The van der Waals surface area contributed by atoms with Gasteiger partial charge in [0.05, 0.1) is 13.3 Å². The highest BCUT2D eigenvalue weighted by Gasteiger charge is 2.18. The Morgan fingerprint density at radius 2 is 1.42 bits per heavy atom. The molecule has 2 aliphatic heterocycles. The Morgan fingerprint density at radius 1 is 0.846 bits per heavy atom. The number of hydrogen-bond acceptors (Lipinski definition) is 6. The number of anilines is 2. The Bertz CT molecular complexity index is 776. The van der Waals surface area contributed by atoms with Crippen LogP contribution in [0, 0.1) is 0 Å². The molecular weight excluding hydrogens is 326 g/mol. The van der Waals surface area contributed by atoms with Crippen LogP contribution in [0.1, 0.15) is 5.56 Å². The maximum Gasteiger partial charge on any atom is 0.140 e. The molecule has 0 aliphatic carbocycles. The van der Waals surface area contributed by atoms with Crippen molar-refractivity contribution in [2.75, 3.05) is 37.2 Å². The van der Waals surface area contributed by atoms with Crippen LogP contribution in [-0.4, -0.2) is 42.2 Å². The van der Waals surface area contributed by atoms with Gasteiger partial charge in [0.1, 0.15) is 24.0 Å². The number of ether oxygens (including phenoxy) is 1. The quantitative estimate of drug-likeness (QED) is 0.826. The SMILES string of the molecule is CN1C=CN(c2cc(OCc3ccccc3)cc(N3C=CN(C)C3)n2)C1. The topological polar surface area (TPSA) is 35.1 Å². The third kappa shape index (κ3) is 3.59. The molecule has 0 atom stereocenters. The smallest absolute Gasteiger partial charge is 0.140 e. The normalized spacial score (nSPS) is 16.1. The molecule has 0 bridgehead atoms. The number of rotatable bonds is 5. The summed E-state index contributed by atoms with van der Waals surface area (Å²) in [5.41, 5.74) is 1.15. The highest BCUT2D eigenvalue weighted by atomic mass is 16.5. The molecule has 26 heavy (non-hydrogen) atoms. The molecule has 0 saturated carbocycles. The van der Waals surface area contributed by atoms with Crippen molar-refractivity contribution in [1.82, 2.24) is 14.8 Å². The van der Waals surface area contributed by atoms with E-state index in [4.69, 9.17) is 9.72 Å². The second-order valence-corrected chi connectivity index (χ2v) is 6.63. The number of nitrogens with zero attached hydrogens (tertiary/aromatic N) is 5. The summed E-state index contributed by atoms with van der Waals surface area (Å²) < 4.78 is 6.08. The molecule has 6 heteroatoms. The van der Waals surface area contributed by atoms with Gasteiger partial charge in [-0.15, -0.1) is 0 Å². The number of pyridine rings is 1. The largest absolute Gasteiger partial charge is 0.489 e. The molecule has 4 rings (SSSR count). The summed E-state index contributed by atoms with van der Waals surface area (Å²) in [5, 5.41) is 0. The van der Waals surface area contributed by atoms with E-state index in [1.165, 1.54) is 0 Å². The fourth-order valence-electron chi connectivity index (χ4n) is 2.95. The minimum atomic E-state index is 0.537. The van der Waals surface area contributed by atoms with Gasteiger partial charge in [0.15, 0.2) is 0 Å². The fourth-order valence-corrected chi connectivity index (χ4v) is 2.95. The predicted molar refractivity (Wildman–Crippen MR) is 104 cm³/mol. The van der Waals surface area contributed by atoms with Gasteiger partial charge in [-0.05, 0) is 5.56 Å². The van der Waals surface area contributed by atoms with Gasteiger partial charge in [-0.1, -0.05) is 30.3 Å². The summed E-state index contributed by atoms with van der Waals surface area (Å²) >= 11 is 0. The highest BCUT2D eigenvalue weighted by molar-refractivity contribution is 5.57. The van der Waals surface area contributed by atoms with E-state index in [2.05, 4.69) is 31.7 Å². The molecule has 0 saturated heterocycles. The number of hydrogen-bond donors (Lipinski definition) is 0. The van der Waals surface area contributed by atoms with E-state index in [0.29, 0.717) is 6.61 Å². The Morgan fingerprint density at radius 3 is 1.92 bits per heavy atom. The first kappa shape index (κ1) is 16.3. The zero-order valence-corrected chi connectivity index (χ0v) is 15.1. The van der Waals surface area contributed by atoms with Gasteiger partial charge >= 0.3 is 0 Å². The summed E-state index contributed by atoms with van der Waals surface area (Å²) in [5.74, 6) is 2.59. The van der Waals surface area contributed by atoms with Gasteiger partial charge in [-0.2, -0.15) is 0 Å². The third-order valence-electron chi connectivity index (χ3n) is 4.36. The molecule has 6 nitrogen and oxygen atoms in total. The molecule has 0 fully saturated rings. The standard InChI is InChI=1S/C20H23N5O/c1-22-8-10-24(15-22)19-12-18(26-14-17-6-4-3-5-7-17)13-20(21-19)25-11-9-23(2)16-25/h3-13H,14-16H2,1-2H3. The van der Waals surface area contributed by atoms with Gasteiger partial charge < -0.3 is 24.3 Å². The van der Waals surface area contributed by atoms with Crippen molar-refractivity contribution in [3.63, 3.8) is 0 Å². The fraction of sp³-hybridized carbons (Fsp3) is 0.250. The Balaban J connectivity index is 1.59. The number of benzene rings is 1. The van der Waals surface area contributed by atoms with Crippen molar-refractivity contribution in [3.8, 4) is 5.75 Å². The lowest BCUT2D eigenvalue weighted by Crippen LogP contribution is -2.25.